The summed E-state index contributed by atoms with van der Waals surface area (Å²) in [6, 6.07) is 6.95. The molecule has 0 aromatic heterocycles. The van der Waals surface area contributed by atoms with Crippen LogP contribution in [0.25, 0.3) is 0 Å². The Morgan fingerprint density at radius 1 is 1.04 bits per heavy atom. The Balaban J connectivity index is 1.54. The van der Waals surface area contributed by atoms with E-state index in [4.69, 9.17) is 11.6 Å². The fraction of sp³-hybridized carbons (Fsp3) is 0.529. The number of nitrogens with one attached hydrogen (secondary N) is 1. The monoisotopic (exact) mass is 335 g/mol. The number of carbonyl (C=O) groups is 2. The predicted octanol–water partition coefficient (Wildman–Crippen LogP) is 1.62. The van der Waals surface area contributed by atoms with Crippen molar-refractivity contribution in [3.05, 3.63) is 34.9 Å². The first-order valence-corrected chi connectivity index (χ1v) is 8.57. The molecule has 2 aliphatic heterocycles. The maximum atomic E-state index is 12.5. The molecule has 6 heteroatoms. The number of rotatable bonds is 2. The molecule has 2 fully saturated rings. The quantitative estimate of drug-likeness (QED) is 0.893. The number of benzene rings is 1. The van der Waals surface area contributed by atoms with E-state index >= 15 is 0 Å². The van der Waals surface area contributed by atoms with Crippen LogP contribution in [0.3, 0.4) is 0 Å². The van der Waals surface area contributed by atoms with Crippen molar-refractivity contribution in [1.29, 1.82) is 0 Å². The van der Waals surface area contributed by atoms with E-state index < -0.39 is 0 Å². The molecule has 124 valence electrons. The van der Waals surface area contributed by atoms with Crippen molar-refractivity contribution in [1.82, 2.24) is 15.1 Å². The van der Waals surface area contributed by atoms with Gasteiger partial charge in [-0.15, -0.1) is 0 Å². The van der Waals surface area contributed by atoms with Crippen molar-refractivity contribution in [3.63, 3.8) is 0 Å². The van der Waals surface area contributed by atoms with Crippen LogP contribution in [0.15, 0.2) is 24.3 Å². The second-order valence-electron chi connectivity index (χ2n) is 6.17. The van der Waals surface area contributed by atoms with Gasteiger partial charge < -0.3 is 15.1 Å². The summed E-state index contributed by atoms with van der Waals surface area (Å²) < 4.78 is 0. The Kier molecular flexibility index (Phi) is 5.18. The normalized spacial score (nSPS) is 22.0. The number of piperazine rings is 1. The van der Waals surface area contributed by atoms with Crippen LogP contribution in [0.4, 0.5) is 0 Å². The minimum absolute atomic E-state index is 0.00750. The number of hydrogen-bond donors (Lipinski definition) is 1. The first-order chi connectivity index (χ1) is 11.1. The molecule has 2 saturated heterocycles. The molecule has 1 aromatic rings. The zero-order valence-electron chi connectivity index (χ0n) is 13.1. The smallest absolute Gasteiger partial charge is 0.253 e. The summed E-state index contributed by atoms with van der Waals surface area (Å²) in [7, 11) is 0. The Bertz CT molecular complexity index is 562. The minimum Gasteiger partial charge on any atom is -0.339 e. The third kappa shape index (κ3) is 3.85. The molecule has 1 N–H and O–H groups in total. The fourth-order valence-electron chi connectivity index (χ4n) is 3.23. The van der Waals surface area contributed by atoms with Crippen LogP contribution in [0.5, 0.6) is 0 Å². The molecule has 3 rings (SSSR count). The molecule has 5 nitrogen and oxygen atoms in total. The summed E-state index contributed by atoms with van der Waals surface area (Å²) in [5, 5.41) is 3.91. The van der Waals surface area contributed by atoms with Crippen molar-refractivity contribution in [2.24, 2.45) is 5.92 Å². The fourth-order valence-corrected chi connectivity index (χ4v) is 3.35. The molecule has 0 saturated carbocycles. The van der Waals surface area contributed by atoms with Gasteiger partial charge in [0.25, 0.3) is 5.91 Å². The van der Waals surface area contributed by atoms with Crippen LogP contribution in [0.1, 0.15) is 23.2 Å². The molecule has 0 bridgehead atoms. The highest BCUT2D eigenvalue weighted by atomic mass is 35.5. The van der Waals surface area contributed by atoms with Gasteiger partial charge in [-0.25, -0.2) is 0 Å². The number of nitrogens with zero attached hydrogens (tertiary/aromatic N) is 2. The van der Waals surface area contributed by atoms with Crippen LogP contribution in [0, 0.1) is 5.92 Å². The van der Waals surface area contributed by atoms with Gasteiger partial charge in [-0.2, -0.15) is 0 Å². The first kappa shape index (κ1) is 16.3. The molecular formula is C17H22ClN3O2. The molecule has 2 amide bonds. The van der Waals surface area contributed by atoms with Gasteiger partial charge in [0.2, 0.25) is 5.91 Å². The highest BCUT2D eigenvalue weighted by Crippen LogP contribution is 2.17. The standard InChI is InChI=1S/C17H22ClN3O2/c18-15-5-3-13(4-6-15)16(22)20-8-10-21(11-9-20)17(23)14-2-1-7-19-12-14/h3-6,14,19H,1-2,7-12H2. The Labute approximate surface area is 141 Å². The number of halogens is 1. The maximum absolute atomic E-state index is 12.5. The van der Waals surface area contributed by atoms with Gasteiger partial charge in [0.05, 0.1) is 5.92 Å². The largest absolute Gasteiger partial charge is 0.339 e. The highest BCUT2D eigenvalue weighted by Gasteiger charge is 2.29. The number of piperidine rings is 1. The Morgan fingerprint density at radius 3 is 2.30 bits per heavy atom. The van der Waals surface area contributed by atoms with Crippen LogP contribution in [-0.4, -0.2) is 60.9 Å². The minimum atomic E-state index is 0.00750. The summed E-state index contributed by atoms with van der Waals surface area (Å²) in [5.74, 6) is 0.339. The van der Waals surface area contributed by atoms with Gasteiger partial charge in [0.15, 0.2) is 0 Å². The molecule has 1 atom stereocenters. The van der Waals surface area contributed by atoms with Crippen molar-refractivity contribution in [2.75, 3.05) is 39.3 Å². The molecule has 23 heavy (non-hydrogen) atoms. The van der Waals surface area contributed by atoms with Gasteiger partial charge in [-0.3, -0.25) is 9.59 Å². The van der Waals surface area contributed by atoms with E-state index in [1.165, 1.54) is 0 Å². The van der Waals surface area contributed by atoms with Crippen LogP contribution < -0.4 is 5.32 Å². The molecule has 2 aliphatic rings. The SMILES string of the molecule is O=C(c1ccc(Cl)cc1)N1CCN(C(=O)C2CCCNC2)CC1. The van der Waals surface area contributed by atoms with Crippen molar-refractivity contribution >= 4 is 23.4 Å². The second-order valence-corrected chi connectivity index (χ2v) is 6.60. The first-order valence-electron chi connectivity index (χ1n) is 8.19. The van der Waals surface area contributed by atoms with Crippen LogP contribution in [0.2, 0.25) is 5.02 Å². The molecule has 2 heterocycles. The lowest BCUT2D eigenvalue weighted by atomic mass is 9.98. The summed E-state index contributed by atoms with van der Waals surface area (Å²) in [4.78, 5) is 28.7. The van der Waals surface area contributed by atoms with Crippen molar-refractivity contribution in [3.8, 4) is 0 Å². The lowest BCUT2D eigenvalue weighted by Crippen LogP contribution is -2.53. The van der Waals surface area contributed by atoms with Crippen molar-refractivity contribution in [2.45, 2.75) is 12.8 Å². The average Bonchev–Trinajstić information content (AvgIpc) is 2.62. The van der Waals surface area contributed by atoms with E-state index in [9.17, 15) is 9.59 Å². The van der Waals surface area contributed by atoms with Crippen molar-refractivity contribution < 1.29 is 9.59 Å². The Morgan fingerprint density at radius 2 is 1.70 bits per heavy atom. The topological polar surface area (TPSA) is 52.7 Å². The van der Waals surface area contributed by atoms with E-state index in [0.717, 1.165) is 25.9 Å². The number of carbonyl (C=O) groups excluding carboxylic acids is 2. The Hall–Kier alpha value is -1.59. The second kappa shape index (κ2) is 7.32. The summed E-state index contributed by atoms with van der Waals surface area (Å²) >= 11 is 5.86. The third-order valence-electron chi connectivity index (χ3n) is 4.62. The molecule has 0 spiro atoms. The highest BCUT2D eigenvalue weighted by molar-refractivity contribution is 6.30. The van der Waals surface area contributed by atoms with E-state index in [1.54, 1.807) is 24.3 Å². The van der Waals surface area contributed by atoms with Crippen LogP contribution in [-0.2, 0) is 4.79 Å². The van der Waals surface area contributed by atoms with Crippen LogP contribution >= 0.6 is 11.6 Å². The van der Waals surface area contributed by atoms with E-state index in [-0.39, 0.29) is 17.7 Å². The molecule has 1 unspecified atom stereocenters. The summed E-state index contributed by atoms with van der Waals surface area (Å²) in [5.41, 5.74) is 0.644. The summed E-state index contributed by atoms with van der Waals surface area (Å²) in [6.07, 6.45) is 2.03. The van der Waals surface area contributed by atoms with E-state index in [1.807, 2.05) is 9.80 Å². The zero-order valence-corrected chi connectivity index (χ0v) is 13.9. The third-order valence-corrected chi connectivity index (χ3v) is 4.87. The van der Waals surface area contributed by atoms with Gasteiger partial charge >= 0.3 is 0 Å². The lowest BCUT2D eigenvalue weighted by molar-refractivity contribution is -0.137. The van der Waals surface area contributed by atoms with Gasteiger partial charge in [0.1, 0.15) is 0 Å². The zero-order chi connectivity index (χ0) is 16.2. The molecule has 0 aliphatic carbocycles. The van der Waals surface area contributed by atoms with E-state index in [0.29, 0.717) is 36.8 Å². The summed E-state index contributed by atoms with van der Waals surface area (Å²) in [6.45, 7) is 4.21. The maximum Gasteiger partial charge on any atom is 0.253 e. The predicted molar refractivity (Wildman–Crippen MR) is 89.5 cm³/mol. The lowest BCUT2D eigenvalue weighted by Gasteiger charge is -2.37. The van der Waals surface area contributed by atoms with E-state index in [2.05, 4.69) is 5.32 Å². The van der Waals surface area contributed by atoms with Gasteiger partial charge in [0, 0.05) is 43.3 Å². The molecule has 1 aromatic carbocycles. The molecular weight excluding hydrogens is 314 g/mol. The number of hydrogen-bond acceptors (Lipinski definition) is 3. The average molecular weight is 336 g/mol. The van der Waals surface area contributed by atoms with Gasteiger partial charge in [-0.1, -0.05) is 11.6 Å². The molecule has 0 radical (unpaired) electrons. The van der Waals surface area contributed by atoms with Gasteiger partial charge in [-0.05, 0) is 43.7 Å². The number of amides is 2.